The van der Waals surface area contributed by atoms with E-state index in [0.29, 0.717) is 17.1 Å². The first-order valence-corrected chi connectivity index (χ1v) is 10.9. The van der Waals surface area contributed by atoms with Crippen LogP contribution in [0.2, 0.25) is 5.02 Å². The van der Waals surface area contributed by atoms with E-state index in [1.54, 1.807) is 36.7 Å². The minimum Gasteiger partial charge on any atom is -0.348 e. The van der Waals surface area contributed by atoms with Gasteiger partial charge in [0.15, 0.2) is 0 Å². The molecule has 0 radical (unpaired) electrons. The van der Waals surface area contributed by atoms with Crippen molar-refractivity contribution in [3.8, 4) is 11.3 Å². The molecule has 0 bridgehead atoms. The number of thiazole rings is 1. The maximum Gasteiger partial charge on any atom is 0.251 e. The van der Waals surface area contributed by atoms with Gasteiger partial charge in [0.2, 0.25) is 5.91 Å². The fourth-order valence-corrected chi connectivity index (χ4v) is 3.72. The summed E-state index contributed by atoms with van der Waals surface area (Å²) >= 11 is 7.36. The number of carbonyl (C=O) groups is 2. The molecule has 30 heavy (non-hydrogen) atoms. The highest BCUT2D eigenvalue weighted by atomic mass is 35.5. The summed E-state index contributed by atoms with van der Waals surface area (Å²) in [6.45, 7) is 4.23. The van der Waals surface area contributed by atoms with E-state index in [2.05, 4.69) is 20.6 Å². The number of pyridine rings is 1. The van der Waals surface area contributed by atoms with Gasteiger partial charge < -0.3 is 10.6 Å². The topological polar surface area (TPSA) is 84.0 Å². The summed E-state index contributed by atoms with van der Waals surface area (Å²) in [5.41, 5.74) is 2.29. The molecule has 0 aliphatic heterocycles. The molecule has 0 aliphatic rings. The van der Waals surface area contributed by atoms with E-state index in [1.165, 1.54) is 11.3 Å². The van der Waals surface area contributed by atoms with Crippen LogP contribution in [0.4, 0.5) is 0 Å². The van der Waals surface area contributed by atoms with Gasteiger partial charge in [-0.3, -0.25) is 14.6 Å². The number of hydrogen-bond donors (Lipinski definition) is 2. The lowest BCUT2D eigenvalue weighted by Crippen LogP contribution is -2.50. The van der Waals surface area contributed by atoms with Crippen molar-refractivity contribution in [2.45, 2.75) is 32.9 Å². The third kappa shape index (κ3) is 5.64. The van der Waals surface area contributed by atoms with Gasteiger partial charge in [-0.1, -0.05) is 31.9 Å². The molecule has 156 valence electrons. The number of nitrogens with zero attached hydrogens (tertiary/aromatic N) is 2. The van der Waals surface area contributed by atoms with E-state index in [1.807, 2.05) is 31.4 Å². The molecule has 3 rings (SSSR count). The van der Waals surface area contributed by atoms with E-state index in [0.717, 1.165) is 22.7 Å². The van der Waals surface area contributed by atoms with Crippen LogP contribution in [0.15, 0.2) is 54.2 Å². The first-order chi connectivity index (χ1) is 14.5. The zero-order chi connectivity index (χ0) is 21.5. The SMILES string of the molecule is CCC(C)C(NC(=O)c1ccc(Cl)cc1)C(=O)NCc1nc(-c2ccncc2)cs1. The van der Waals surface area contributed by atoms with E-state index >= 15 is 0 Å². The van der Waals surface area contributed by atoms with Crippen LogP contribution in [0.25, 0.3) is 11.3 Å². The van der Waals surface area contributed by atoms with Crippen molar-refractivity contribution in [3.05, 3.63) is 69.8 Å². The Morgan fingerprint density at radius 2 is 1.83 bits per heavy atom. The first kappa shape index (κ1) is 21.9. The second-order valence-electron chi connectivity index (χ2n) is 6.92. The van der Waals surface area contributed by atoms with Crippen LogP contribution in [0.1, 0.15) is 35.6 Å². The Kier molecular flexibility index (Phi) is 7.54. The molecule has 0 fully saturated rings. The van der Waals surface area contributed by atoms with Gasteiger partial charge in [-0.2, -0.15) is 0 Å². The molecule has 2 heterocycles. The summed E-state index contributed by atoms with van der Waals surface area (Å²) in [7, 11) is 0. The molecule has 0 spiro atoms. The highest BCUT2D eigenvalue weighted by Gasteiger charge is 2.26. The largest absolute Gasteiger partial charge is 0.348 e. The summed E-state index contributed by atoms with van der Waals surface area (Å²) in [5, 5.41) is 9.05. The quantitative estimate of drug-likeness (QED) is 0.544. The van der Waals surface area contributed by atoms with Gasteiger partial charge in [-0.15, -0.1) is 11.3 Å². The summed E-state index contributed by atoms with van der Waals surface area (Å²) in [5.74, 6) is -0.557. The Labute approximate surface area is 184 Å². The van der Waals surface area contributed by atoms with Crippen LogP contribution in [0, 0.1) is 5.92 Å². The van der Waals surface area contributed by atoms with E-state index < -0.39 is 6.04 Å². The van der Waals surface area contributed by atoms with Crippen molar-refractivity contribution >= 4 is 34.8 Å². The van der Waals surface area contributed by atoms with Gasteiger partial charge in [0, 0.05) is 33.9 Å². The molecule has 0 aliphatic carbocycles. The van der Waals surface area contributed by atoms with Crippen molar-refractivity contribution in [3.63, 3.8) is 0 Å². The number of aromatic nitrogens is 2. The second-order valence-corrected chi connectivity index (χ2v) is 8.30. The molecule has 3 aromatic rings. The lowest BCUT2D eigenvalue weighted by Gasteiger charge is -2.23. The van der Waals surface area contributed by atoms with E-state index in [-0.39, 0.29) is 17.7 Å². The average Bonchev–Trinajstić information content (AvgIpc) is 3.25. The van der Waals surface area contributed by atoms with Crippen LogP contribution in [-0.4, -0.2) is 27.8 Å². The van der Waals surface area contributed by atoms with Gasteiger partial charge in [0.05, 0.1) is 12.2 Å². The Morgan fingerprint density at radius 3 is 2.50 bits per heavy atom. The molecule has 2 aromatic heterocycles. The number of halogens is 1. The fourth-order valence-electron chi connectivity index (χ4n) is 2.85. The minimum absolute atomic E-state index is 0.0232. The maximum absolute atomic E-state index is 12.8. The maximum atomic E-state index is 12.8. The fraction of sp³-hybridized carbons (Fsp3) is 0.273. The highest BCUT2D eigenvalue weighted by Crippen LogP contribution is 2.21. The molecule has 0 saturated carbocycles. The van der Waals surface area contributed by atoms with Crippen LogP contribution in [0.5, 0.6) is 0 Å². The van der Waals surface area contributed by atoms with Gasteiger partial charge in [0.1, 0.15) is 11.0 Å². The van der Waals surface area contributed by atoms with Crippen LogP contribution < -0.4 is 10.6 Å². The Balaban J connectivity index is 1.63. The first-order valence-electron chi connectivity index (χ1n) is 9.67. The number of rotatable bonds is 8. The molecule has 2 amide bonds. The standard InChI is InChI=1S/C22H23ClN4O2S/c1-3-14(2)20(27-21(28)16-4-6-17(23)7-5-16)22(29)25-12-19-26-18(13-30-19)15-8-10-24-11-9-15/h4-11,13-14,20H,3,12H2,1-2H3,(H,25,29)(H,27,28). The van der Waals surface area contributed by atoms with Crippen LogP contribution in [-0.2, 0) is 11.3 Å². The zero-order valence-corrected chi connectivity index (χ0v) is 18.3. The highest BCUT2D eigenvalue weighted by molar-refractivity contribution is 7.09. The van der Waals surface area contributed by atoms with Gasteiger partial charge in [-0.05, 0) is 42.3 Å². The smallest absolute Gasteiger partial charge is 0.251 e. The molecule has 0 saturated heterocycles. The number of nitrogens with one attached hydrogen (secondary N) is 2. The third-order valence-corrected chi connectivity index (χ3v) is 5.93. The van der Waals surface area contributed by atoms with Crippen molar-refractivity contribution in [1.29, 1.82) is 0 Å². The molecular weight excluding hydrogens is 420 g/mol. The molecule has 6 nitrogen and oxygen atoms in total. The number of benzene rings is 1. The number of amides is 2. The van der Waals surface area contributed by atoms with Crippen molar-refractivity contribution in [2.24, 2.45) is 5.92 Å². The van der Waals surface area contributed by atoms with Crippen LogP contribution in [0.3, 0.4) is 0 Å². The normalized spacial score (nSPS) is 12.8. The summed E-state index contributed by atoms with van der Waals surface area (Å²) < 4.78 is 0. The van der Waals surface area contributed by atoms with E-state index in [4.69, 9.17) is 11.6 Å². The Morgan fingerprint density at radius 1 is 1.13 bits per heavy atom. The Hall–Kier alpha value is -2.77. The van der Waals surface area contributed by atoms with Crippen LogP contribution >= 0.6 is 22.9 Å². The Bertz CT molecular complexity index is 992. The molecule has 2 unspecified atom stereocenters. The lowest BCUT2D eigenvalue weighted by atomic mass is 9.98. The van der Waals surface area contributed by atoms with Gasteiger partial charge in [0.25, 0.3) is 5.91 Å². The predicted octanol–water partition coefficient (Wildman–Crippen LogP) is 4.32. The number of hydrogen-bond acceptors (Lipinski definition) is 5. The summed E-state index contributed by atoms with van der Waals surface area (Å²) in [6.07, 6.45) is 4.19. The molecule has 2 N–H and O–H groups in total. The molecule has 2 atom stereocenters. The summed E-state index contributed by atoms with van der Waals surface area (Å²) in [4.78, 5) is 34.0. The van der Waals surface area contributed by atoms with Gasteiger partial charge >= 0.3 is 0 Å². The minimum atomic E-state index is -0.641. The van der Waals surface area contributed by atoms with Gasteiger partial charge in [-0.25, -0.2) is 4.98 Å². The number of carbonyl (C=O) groups excluding carboxylic acids is 2. The van der Waals surface area contributed by atoms with Crippen molar-refractivity contribution in [1.82, 2.24) is 20.6 Å². The average molecular weight is 443 g/mol. The third-order valence-electron chi connectivity index (χ3n) is 4.83. The molecular formula is C22H23ClN4O2S. The molecule has 8 heteroatoms. The molecule has 1 aromatic carbocycles. The monoisotopic (exact) mass is 442 g/mol. The second kappa shape index (κ2) is 10.3. The summed E-state index contributed by atoms with van der Waals surface area (Å²) in [6, 6.07) is 9.72. The zero-order valence-electron chi connectivity index (χ0n) is 16.8. The van der Waals surface area contributed by atoms with Crippen molar-refractivity contribution in [2.75, 3.05) is 0 Å². The van der Waals surface area contributed by atoms with Crippen molar-refractivity contribution < 1.29 is 9.59 Å². The van der Waals surface area contributed by atoms with E-state index in [9.17, 15) is 9.59 Å². The predicted molar refractivity (Wildman–Crippen MR) is 119 cm³/mol. The lowest BCUT2D eigenvalue weighted by molar-refractivity contribution is -0.124.